The lowest BCUT2D eigenvalue weighted by Gasteiger charge is -2.15. The molecule has 146 valence electrons. The van der Waals surface area contributed by atoms with Gasteiger partial charge in [0.15, 0.2) is 11.5 Å². The minimum absolute atomic E-state index is 0.0301. The number of sulfonamides is 1. The largest absolute Gasteiger partial charge is 0.493 e. The van der Waals surface area contributed by atoms with E-state index in [2.05, 4.69) is 10.0 Å². The third-order valence-electron chi connectivity index (χ3n) is 3.77. The number of methoxy groups -OCH3 is 2. The maximum Gasteiger partial charge on any atom is 0.241 e. The number of carbonyl (C=O) groups excluding carboxylic acids is 1. The number of hydrogen-bond donors (Lipinski definition) is 2. The van der Waals surface area contributed by atoms with Crippen molar-refractivity contribution in [2.75, 3.05) is 14.2 Å². The van der Waals surface area contributed by atoms with Crippen molar-refractivity contribution in [3.8, 4) is 11.5 Å². The molecule has 9 heteroatoms. The maximum absolute atomic E-state index is 12.5. The highest BCUT2D eigenvalue weighted by Crippen LogP contribution is 2.29. The van der Waals surface area contributed by atoms with Crippen LogP contribution in [0.3, 0.4) is 0 Å². The summed E-state index contributed by atoms with van der Waals surface area (Å²) in [6, 6.07) is 10.2. The van der Waals surface area contributed by atoms with Gasteiger partial charge in [-0.25, -0.2) is 8.42 Å². The highest BCUT2D eigenvalue weighted by molar-refractivity contribution is 7.89. The fraction of sp³-hybridized carbons (Fsp3) is 0.278. The average Bonchev–Trinajstić information content (AvgIpc) is 2.66. The maximum atomic E-state index is 12.5. The molecule has 0 aromatic heterocycles. The minimum Gasteiger partial charge on any atom is -0.493 e. The Bertz CT molecular complexity index is 900. The Hall–Kier alpha value is -2.29. The van der Waals surface area contributed by atoms with Crippen molar-refractivity contribution in [1.29, 1.82) is 0 Å². The van der Waals surface area contributed by atoms with E-state index >= 15 is 0 Å². The quantitative estimate of drug-likeness (QED) is 0.694. The van der Waals surface area contributed by atoms with Gasteiger partial charge in [0.25, 0.3) is 0 Å². The van der Waals surface area contributed by atoms with Gasteiger partial charge in [0.1, 0.15) is 0 Å². The molecule has 0 aliphatic carbocycles. The first kappa shape index (κ1) is 21.0. The van der Waals surface area contributed by atoms with E-state index in [1.165, 1.54) is 39.3 Å². The summed E-state index contributed by atoms with van der Waals surface area (Å²) in [6.45, 7) is 1.73. The van der Waals surface area contributed by atoms with Gasteiger partial charge >= 0.3 is 0 Å². The van der Waals surface area contributed by atoms with Crippen LogP contribution in [0, 0.1) is 0 Å². The second-order valence-electron chi connectivity index (χ2n) is 5.70. The first-order valence-corrected chi connectivity index (χ1v) is 9.89. The molecule has 0 aliphatic heterocycles. The predicted molar refractivity (Wildman–Crippen MR) is 103 cm³/mol. The molecule has 7 nitrogen and oxygen atoms in total. The smallest absolute Gasteiger partial charge is 0.241 e. The molecule has 0 radical (unpaired) electrons. The van der Waals surface area contributed by atoms with Crippen LogP contribution in [0.4, 0.5) is 0 Å². The number of carbonyl (C=O) groups is 1. The lowest BCUT2D eigenvalue weighted by molar-refractivity contribution is -0.122. The fourth-order valence-electron chi connectivity index (χ4n) is 2.28. The molecule has 0 spiro atoms. The van der Waals surface area contributed by atoms with Crippen LogP contribution in [0.2, 0.25) is 5.02 Å². The zero-order valence-electron chi connectivity index (χ0n) is 15.2. The van der Waals surface area contributed by atoms with Crippen molar-refractivity contribution in [3.05, 3.63) is 53.1 Å². The van der Waals surface area contributed by atoms with Crippen LogP contribution in [0.1, 0.15) is 12.5 Å². The summed E-state index contributed by atoms with van der Waals surface area (Å²) in [5, 5.41) is 3.28. The van der Waals surface area contributed by atoms with Crippen molar-refractivity contribution in [2.24, 2.45) is 0 Å². The Kier molecular flexibility index (Phi) is 7.06. The minimum atomic E-state index is -3.91. The summed E-state index contributed by atoms with van der Waals surface area (Å²) in [4.78, 5) is 12.2. The number of rotatable bonds is 8. The van der Waals surface area contributed by atoms with Crippen LogP contribution in [-0.4, -0.2) is 34.6 Å². The predicted octanol–water partition coefficient (Wildman–Crippen LogP) is 2.34. The SMILES string of the molecule is COc1ccc(S(=O)(=O)N[C@@H](C)C(=O)NCc2ccc(Cl)cc2)cc1OC. The highest BCUT2D eigenvalue weighted by atomic mass is 35.5. The van der Waals surface area contributed by atoms with Gasteiger partial charge in [-0.2, -0.15) is 4.72 Å². The fourth-order valence-corrected chi connectivity index (χ4v) is 3.63. The molecule has 0 unspecified atom stereocenters. The second kappa shape index (κ2) is 9.07. The van der Waals surface area contributed by atoms with E-state index in [-0.39, 0.29) is 17.2 Å². The Morgan fingerprint density at radius 3 is 2.30 bits per heavy atom. The highest BCUT2D eigenvalue weighted by Gasteiger charge is 2.23. The lowest BCUT2D eigenvalue weighted by Crippen LogP contribution is -2.44. The summed E-state index contributed by atoms with van der Waals surface area (Å²) in [6.07, 6.45) is 0. The van der Waals surface area contributed by atoms with Crippen LogP contribution in [-0.2, 0) is 21.4 Å². The molecule has 0 heterocycles. The topological polar surface area (TPSA) is 93.7 Å². The third kappa shape index (κ3) is 5.59. The van der Waals surface area contributed by atoms with Crippen LogP contribution in [0.5, 0.6) is 11.5 Å². The molecule has 2 N–H and O–H groups in total. The second-order valence-corrected chi connectivity index (χ2v) is 7.85. The molecule has 0 fully saturated rings. The van der Waals surface area contributed by atoms with E-state index in [9.17, 15) is 13.2 Å². The van der Waals surface area contributed by atoms with E-state index in [0.717, 1.165) is 5.56 Å². The number of halogens is 1. The standard InChI is InChI=1S/C18H21ClN2O5S/c1-12(18(22)20-11-13-4-6-14(19)7-5-13)21-27(23,24)15-8-9-16(25-2)17(10-15)26-3/h4-10,12,21H,11H2,1-3H3,(H,20,22)/t12-/m0/s1. The normalized spacial score (nSPS) is 12.3. The molecule has 2 aromatic carbocycles. The van der Waals surface area contributed by atoms with Gasteiger partial charge in [-0.05, 0) is 36.8 Å². The van der Waals surface area contributed by atoms with E-state index in [4.69, 9.17) is 21.1 Å². The number of nitrogens with one attached hydrogen (secondary N) is 2. The zero-order chi connectivity index (χ0) is 20.0. The Labute approximate surface area is 163 Å². The van der Waals surface area contributed by atoms with Crippen molar-refractivity contribution < 1.29 is 22.7 Å². The van der Waals surface area contributed by atoms with Gasteiger partial charge in [0, 0.05) is 17.6 Å². The van der Waals surface area contributed by atoms with Gasteiger partial charge in [0.05, 0.1) is 25.2 Å². The van der Waals surface area contributed by atoms with Crippen LogP contribution < -0.4 is 19.5 Å². The summed E-state index contributed by atoms with van der Waals surface area (Å²) >= 11 is 5.82. The molecule has 0 saturated carbocycles. The van der Waals surface area contributed by atoms with Gasteiger partial charge in [0.2, 0.25) is 15.9 Å². The number of ether oxygens (including phenoxy) is 2. The molecule has 27 heavy (non-hydrogen) atoms. The molecule has 0 saturated heterocycles. The average molecular weight is 413 g/mol. The number of amides is 1. The van der Waals surface area contributed by atoms with Gasteiger partial charge in [-0.15, -0.1) is 0 Å². The van der Waals surface area contributed by atoms with Crippen molar-refractivity contribution in [2.45, 2.75) is 24.4 Å². The Morgan fingerprint density at radius 1 is 1.07 bits per heavy atom. The Morgan fingerprint density at radius 2 is 1.70 bits per heavy atom. The van der Waals surface area contributed by atoms with Gasteiger partial charge in [-0.1, -0.05) is 23.7 Å². The van der Waals surface area contributed by atoms with E-state index in [1.54, 1.807) is 24.3 Å². The van der Waals surface area contributed by atoms with Crippen molar-refractivity contribution in [3.63, 3.8) is 0 Å². The summed E-state index contributed by atoms with van der Waals surface area (Å²) < 4.78 is 37.6. The van der Waals surface area contributed by atoms with E-state index in [1.807, 2.05) is 0 Å². The van der Waals surface area contributed by atoms with E-state index in [0.29, 0.717) is 10.8 Å². The molecule has 0 aliphatic rings. The summed E-state index contributed by atoms with van der Waals surface area (Å²) in [7, 11) is -1.05. The first-order valence-electron chi connectivity index (χ1n) is 8.03. The van der Waals surface area contributed by atoms with Crippen molar-refractivity contribution >= 4 is 27.5 Å². The molecule has 2 aromatic rings. The van der Waals surface area contributed by atoms with Crippen LogP contribution in [0.25, 0.3) is 0 Å². The lowest BCUT2D eigenvalue weighted by atomic mass is 10.2. The van der Waals surface area contributed by atoms with Gasteiger partial charge < -0.3 is 14.8 Å². The molecule has 0 bridgehead atoms. The summed E-state index contributed by atoms with van der Waals surface area (Å²) in [5.41, 5.74) is 0.850. The van der Waals surface area contributed by atoms with Crippen LogP contribution in [0.15, 0.2) is 47.4 Å². The Balaban J connectivity index is 2.03. The summed E-state index contributed by atoms with van der Waals surface area (Å²) in [5.74, 6) is 0.236. The molecular weight excluding hydrogens is 392 g/mol. The van der Waals surface area contributed by atoms with Crippen molar-refractivity contribution in [1.82, 2.24) is 10.0 Å². The molecular formula is C18H21ClN2O5S. The monoisotopic (exact) mass is 412 g/mol. The van der Waals surface area contributed by atoms with Gasteiger partial charge in [-0.3, -0.25) is 4.79 Å². The molecule has 1 amide bonds. The zero-order valence-corrected chi connectivity index (χ0v) is 16.7. The third-order valence-corrected chi connectivity index (χ3v) is 5.56. The van der Waals surface area contributed by atoms with E-state index < -0.39 is 22.0 Å². The molecule has 2 rings (SSSR count). The number of benzene rings is 2. The van der Waals surface area contributed by atoms with Crippen LogP contribution >= 0.6 is 11.6 Å². The number of hydrogen-bond acceptors (Lipinski definition) is 5. The first-order chi connectivity index (χ1) is 12.8. The molecule has 1 atom stereocenters.